The van der Waals surface area contributed by atoms with Crippen molar-refractivity contribution >= 4 is 17.4 Å². The summed E-state index contributed by atoms with van der Waals surface area (Å²) in [5.41, 5.74) is 6.59. The van der Waals surface area contributed by atoms with Crippen molar-refractivity contribution in [2.75, 3.05) is 6.61 Å². The standard InChI is InChI=1S/C14H19NOS/c1-2-12(9-6-10-16-14(15)17)11-13-7-4-3-5-8-13/h2-5,7-8,12H,1,6,9-11H2,(H2,15,17). The number of allylic oxidation sites excluding steroid dienone is 1. The highest BCUT2D eigenvalue weighted by molar-refractivity contribution is 7.80. The van der Waals surface area contributed by atoms with Gasteiger partial charge in [0.1, 0.15) is 0 Å². The number of benzene rings is 1. The zero-order valence-electron chi connectivity index (χ0n) is 9.97. The normalized spacial score (nSPS) is 11.8. The van der Waals surface area contributed by atoms with Crippen LogP contribution in [0.3, 0.4) is 0 Å². The molecule has 0 fully saturated rings. The Balaban J connectivity index is 2.29. The van der Waals surface area contributed by atoms with E-state index in [-0.39, 0.29) is 5.17 Å². The number of ether oxygens (including phenoxy) is 1. The predicted octanol–water partition coefficient (Wildman–Crippen LogP) is 3.07. The van der Waals surface area contributed by atoms with Gasteiger partial charge in [0.2, 0.25) is 0 Å². The van der Waals surface area contributed by atoms with Gasteiger partial charge in [0, 0.05) is 0 Å². The van der Waals surface area contributed by atoms with Crippen molar-refractivity contribution in [3.8, 4) is 0 Å². The first kappa shape index (κ1) is 13.7. The van der Waals surface area contributed by atoms with Crippen LogP contribution in [0, 0.1) is 5.92 Å². The minimum absolute atomic E-state index is 0.128. The fourth-order valence-electron chi connectivity index (χ4n) is 1.74. The maximum absolute atomic E-state index is 5.25. The summed E-state index contributed by atoms with van der Waals surface area (Å²) < 4.78 is 5.06. The highest BCUT2D eigenvalue weighted by Gasteiger charge is 2.05. The van der Waals surface area contributed by atoms with Crippen LogP contribution in [0.2, 0.25) is 0 Å². The Morgan fingerprint density at radius 3 is 2.71 bits per heavy atom. The van der Waals surface area contributed by atoms with Gasteiger partial charge in [-0.15, -0.1) is 6.58 Å². The maximum Gasteiger partial charge on any atom is 0.253 e. The third-order valence-corrected chi connectivity index (χ3v) is 2.76. The number of rotatable bonds is 7. The van der Waals surface area contributed by atoms with Crippen LogP contribution in [-0.2, 0) is 11.2 Å². The Labute approximate surface area is 108 Å². The van der Waals surface area contributed by atoms with E-state index in [1.807, 2.05) is 12.1 Å². The fourth-order valence-corrected chi connectivity index (χ4v) is 1.82. The van der Waals surface area contributed by atoms with Gasteiger partial charge in [-0.05, 0) is 43.0 Å². The van der Waals surface area contributed by atoms with E-state index in [1.165, 1.54) is 5.56 Å². The van der Waals surface area contributed by atoms with Gasteiger partial charge in [-0.1, -0.05) is 36.4 Å². The molecule has 1 rings (SSSR count). The molecule has 92 valence electrons. The molecule has 1 aromatic carbocycles. The van der Waals surface area contributed by atoms with Crippen LogP contribution >= 0.6 is 12.2 Å². The van der Waals surface area contributed by atoms with E-state index in [0.29, 0.717) is 12.5 Å². The topological polar surface area (TPSA) is 35.2 Å². The molecule has 0 spiro atoms. The highest BCUT2D eigenvalue weighted by atomic mass is 32.1. The Hall–Kier alpha value is -1.35. The van der Waals surface area contributed by atoms with E-state index in [2.05, 4.69) is 43.1 Å². The Morgan fingerprint density at radius 1 is 1.41 bits per heavy atom. The Morgan fingerprint density at radius 2 is 2.12 bits per heavy atom. The SMILES string of the molecule is C=CC(CCCOC(N)=S)Cc1ccccc1. The smallest absolute Gasteiger partial charge is 0.253 e. The average molecular weight is 249 g/mol. The summed E-state index contributed by atoms with van der Waals surface area (Å²) in [6, 6.07) is 10.4. The van der Waals surface area contributed by atoms with Crippen LogP contribution in [0.5, 0.6) is 0 Å². The zero-order chi connectivity index (χ0) is 12.5. The van der Waals surface area contributed by atoms with Crippen LogP contribution in [0.1, 0.15) is 18.4 Å². The van der Waals surface area contributed by atoms with Crippen molar-refractivity contribution in [2.45, 2.75) is 19.3 Å². The fraction of sp³-hybridized carbons (Fsp3) is 0.357. The minimum atomic E-state index is 0.128. The van der Waals surface area contributed by atoms with E-state index in [0.717, 1.165) is 19.3 Å². The summed E-state index contributed by atoms with van der Waals surface area (Å²) >= 11 is 4.64. The molecule has 0 heterocycles. The summed E-state index contributed by atoms with van der Waals surface area (Å²) in [5, 5.41) is 0.128. The molecule has 0 saturated carbocycles. The number of nitrogens with two attached hydrogens (primary N) is 1. The monoisotopic (exact) mass is 249 g/mol. The molecule has 0 aliphatic heterocycles. The van der Waals surface area contributed by atoms with Crippen molar-refractivity contribution in [1.29, 1.82) is 0 Å². The molecular weight excluding hydrogens is 230 g/mol. The second-order valence-electron chi connectivity index (χ2n) is 4.00. The lowest BCUT2D eigenvalue weighted by molar-refractivity contribution is 0.290. The number of hydrogen-bond acceptors (Lipinski definition) is 2. The molecule has 0 radical (unpaired) electrons. The third-order valence-electron chi connectivity index (χ3n) is 2.64. The minimum Gasteiger partial charge on any atom is -0.471 e. The zero-order valence-corrected chi connectivity index (χ0v) is 10.8. The van der Waals surface area contributed by atoms with Crippen LogP contribution < -0.4 is 5.73 Å². The van der Waals surface area contributed by atoms with Gasteiger partial charge in [0.15, 0.2) is 0 Å². The first-order valence-corrected chi connectivity index (χ1v) is 6.22. The molecular formula is C14H19NOS. The lowest BCUT2D eigenvalue weighted by Crippen LogP contribution is -2.14. The Bertz CT molecular complexity index is 350. The molecule has 3 heteroatoms. The van der Waals surface area contributed by atoms with Gasteiger partial charge >= 0.3 is 0 Å². The van der Waals surface area contributed by atoms with Crippen LogP contribution in [-0.4, -0.2) is 11.8 Å². The number of hydrogen-bond donors (Lipinski definition) is 1. The first-order valence-electron chi connectivity index (χ1n) is 5.81. The second-order valence-corrected chi connectivity index (χ2v) is 4.40. The summed E-state index contributed by atoms with van der Waals surface area (Å²) in [6.45, 7) is 4.47. The molecule has 0 saturated heterocycles. The van der Waals surface area contributed by atoms with Crippen molar-refractivity contribution < 1.29 is 4.74 Å². The van der Waals surface area contributed by atoms with Crippen molar-refractivity contribution in [3.05, 3.63) is 48.6 Å². The van der Waals surface area contributed by atoms with Crippen LogP contribution in [0.4, 0.5) is 0 Å². The van der Waals surface area contributed by atoms with E-state index in [4.69, 9.17) is 10.5 Å². The summed E-state index contributed by atoms with van der Waals surface area (Å²) in [5.74, 6) is 0.479. The molecule has 0 aliphatic carbocycles. The van der Waals surface area contributed by atoms with Gasteiger partial charge in [-0.2, -0.15) is 0 Å². The quantitative estimate of drug-likeness (QED) is 0.458. The molecule has 2 N–H and O–H groups in total. The summed E-state index contributed by atoms with van der Waals surface area (Å²) in [6.07, 6.45) is 5.02. The van der Waals surface area contributed by atoms with Gasteiger partial charge < -0.3 is 10.5 Å². The molecule has 17 heavy (non-hydrogen) atoms. The molecule has 0 aliphatic rings. The molecule has 2 nitrogen and oxygen atoms in total. The van der Waals surface area contributed by atoms with Crippen LogP contribution in [0.15, 0.2) is 43.0 Å². The third kappa shape index (κ3) is 6.07. The molecule has 1 aromatic rings. The van der Waals surface area contributed by atoms with E-state index < -0.39 is 0 Å². The first-order chi connectivity index (χ1) is 8.22. The predicted molar refractivity (Wildman–Crippen MR) is 75.8 cm³/mol. The molecule has 1 atom stereocenters. The van der Waals surface area contributed by atoms with Gasteiger partial charge in [0.05, 0.1) is 6.61 Å². The van der Waals surface area contributed by atoms with E-state index in [9.17, 15) is 0 Å². The molecule has 0 amide bonds. The van der Waals surface area contributed by atoms with Crippen LogP contribution in [0.25, 0.3) is 0 Å². The molecule has 0 aromatic heterocycles. The molecule has 1 unspecified atom stereocenters. The summed E-state index contributed by atoms with van der Waals surface area (Å²) in [4.78, 5) is 0. The highest BCUT2D eigenvalue weighted by Crippen LogP contribution is 2.15. The lowest BCUT2D eigenvalue weighted by Gasteiger charge is -2.12. The molecule has 0 bridgehead atoms. The van der Waals surface area contributed by atoms with Crippen molar-refractivity contribution in [2.24, 2.45) is 11.7 Å². The van der Waals surface area contributed by atoms with Crippen molar-refractivity contribution in [3.63, 3.8) is 0 Å². The second kappa shape index (κ2) is 7.85. The maximum atomic E-state index is 5.25. The van der Waals surface area contributed by atoms with Gasteiger partial charge in [0.25, 0.3) is 5.17 Å². The number of thiocarbonyl (C=S) groups is 1. The Kier molecular flexibility index (Phi) is 6.33. The van der Waals surface area contributed by atoms with E-state index in [1.54, 1.807) is 0 Å². The van der Waals surface area contributed by atoms with Gasteiger partial charge in [-0.3, -0.25) is 0 Å². The van der Waals surface area contributed by atoms with Crippen molar-refractivity contribution in [1.82, 2.24) is 0 Å². The summed E-state index contributed by atoms with van der Waals surface area (Å²) in [7, 11) is 0. The largest absolute Gasteiger partial charge is 0.471 e. The average Bonchev–Trinajstić information content (AvgIpc) is 2.34. The lowest BCUT2D eigenvalue weighted by atomic mass is 9.95. The van der Waals surface area contributed by atoms with Gasteiger partial charge in [-0.25, -0.2) is 0 Å². The van der Waals surface area contributed by atoms with E-state index >= 15 is 0 Å².